The number of Topliss-reactive ketones (excluding diaryl/α,β-unsaturated/α-hetero) is 1. The summed E-state index contributed by atoms with van der Waals surface area (Å²) in [6.45, 7) is 3.80. The number of hydrogen-bond donors (Lipinski definition) is 1. The first kappa shape index (κ1) is 8.20. The van der Waals surface area contributed by atoms with Crippen LogP contribution in [-0.4, -0.2) is 24.1 Å². The SMILES string of the molecule is CC(C)[C@H](N)C(=O)C1C=NO1. The third kappa shape index (κ3) is 1.57. The third-order valence-corrected chi connectivity index (χ3v) is 1.70. The number of ketones is 1. The van der Waals surface area contributed by atoms with Crippen LogP contribution in [0.1, 0.15) is 13.8 Å². The first-order valence-electron chi connectivity index (χ1n) is 3.61. The van der Waals surface area contributed by atoms with Crippen molar-refractivity contribution in [3.05, 3.63) is 0 Å². The van der Waals surface area contributed by atoms with E-state index in [0.717, 1.165) is 0 Å². The van der Waals surface area contributed by atoms with E-state index in [4.69, 9.17) is 5.73 Å². The largest absolute Gasteiger partial charge is 0.379 e. The van der Waals surface area contributed by atoms with E-state index >= 15 is 0 Å². The number of carbonyl (C=O) groups excluding carboxylic acids is 1. The molecule has 1 rings (SSSR count). The molecule has 0 amide bonds. The van der Waals surface area contributed by atoms with Gasteiger partial charge >= 0.3 is 0 Å². The average molecular weight is 156 g/mol. The van der Waals surface area contributed by atoms with Gasteiger partial charge in [0.2, 0.25) is 6.10 Å². The van der Waals surface area contributed by atoms with E-state index in [-0.39, 0.29) is 11.7 Å². The van der Waals surface area contributed by atoms with Gasteiger partial charge in [0.1, 0.15) is 0 Å². The predicted molar refractivity (Wildman–Crippen MR) is 41.2 cm³/mol. The molecule has 0 radical (unpaired) electrons. The lowest BCUT2D eigenvalue weighted by molar-refractivity contribution is -0.130. The molecule has 0 saturated heterocycles. The summed E-state index contributed by atoms with van der Waals surface area (Å²) in [4.78, 5) is 15.8. The van der Waals surface area contributed by atoms with Gasteiger partial charge < -0.3 is 10.6 Å². The fourth-order valence-electron chi connectivity index (χ4n) is 0.765. The molecule has 11 heavy (non-hydrogen) atoms. The normalized spacial score (nSPS) is 24.2. The summed E-state index contributed by atoms with van der Waals surface area (Å²) in [6, 6.07) is -0.438. The van der Waals surface area contributed by atoms with Gasteiger partial charge in [-0.25, -0.2) is 0 Å². The molecule has 2 atom stereocenters. The van der Waals surface area contributed by atoms with Crippen LogP contribution in [0.3, 0.4) is 0 Å². The van der Waals surface area contributed by atoms with Crippen LogP contribution in [0.2, 0.25) is 0 Å². The first-order chi connectivity index (χ1) is 5.13. The summed E-state index contributed by atoms with van der Waals surface area (Å²) in [5, 5.41) is 3.36. The molecule has 0 aliphatic carbocycles. The van der Waals surface area contributed by atoms with Gasteiger partial charge in [-0.3, -0.25) is 4.79 Å². The highest BCUT2D eigenvalue weighted by molar-refractivity contribution is 6.02. The van der Waals surface area contributed by atoms with E-state index in [2.05, 4.69) is 9.99 Å². The molecule has 0 fully saturated rings. The Morgan fingerprint density at radius 3 is 2.55 bits per heavy atom. The molecule has 0 spiro atoms. The van der Waals surface area contributed by atoms with Crippen molar-refractivity contribution in [1.82, 2.24) is 0 Å². The lowest BCUT2D eigenvalue weighted by Crippen LogP contribution is -2.45. The van der Waals surface area contributed by atoms with Crippen molar-refractivity contribution >= 4 is 12.0 Å². The van der Waals surface area contributed by atoms with Gasteiger partial charge in [-0.05, 0) is 5.92 Å². The Morgan fingerprint density at radius 1 is 1.73 bits per heavy atom. The molecule has 62 valence electrons. The van der Waals surface area contributed by atoms with Crippen molar-refractivity contribution in [3.8, 4) is 0 Å². The van der Waals surface area contributed by atoms with Crippen molar-refractivity contribution in [2.75, 3.05) is 0 Å². The molecule has 1 aliphatic heterocycles. The van der Waals surface area contributed by atoms with Crippen molar-refractivity contribution in [2.45, 2.75) is 26.0 Å². The zero-order valence-corrected chi connectivity index (χ0v) is 6.65. The molecule has 1 aliphatic rings. The summed E-state index contributed by atoms with van der Waals surface area (Å²) < 4.78 is 0. The topological polar surface area (TPSA) is 64.7 Å². The Hall–Kier alpha value is -0.900. The van der Waals surface area contributed by atoms with Crippen molar-refractivity contribution in [3.63, 3.8) is 0 Å². The van der Waals surface area contributed by atoms with Crippen LogP contribution in [-0.2, 0) is 9.63 Å². The van der Waals surface area contributed by atoms with Gasteiger partial charge in [-0.15, -0.1) is 0 Å². The second-order valence-electron chi connectivity index (χ2n) is 2.95. The molecule has 2 N–H and O–H groups in total. The molecule has 1 unspecified atom stereocenters. The number of nitrogens with zero attached hydrogens (tertiary/aromatic N) is 1. The number of oxime groups is 1. The predicted octanol–water partition coefficient (Wildman–Crippen LogP) is -0.0766. The molecule has 1 heterocycles. The molecule has 0 aromatic carbocycles. The standard InChI is InChI=1S/C7H12N2O2/c1-4(2)6(8)7(10)5-3-9-11-5/h3-6H,8H2,1-2H3/t5?,6-/m0/s1. The van der Waals surface area contributed by atoms with Crippen LogP contribution in [0.25, 0.3) is 0 Å². The fraction of sp³-hybridized carbons (Fsp3) is 0.714. The smallest absolute Gasteiger partial charge is 0.225 e. The van der Waals surface area contributed by atoms with E-state index in [1.165, 1.54) is 6.21 Å². The lowest BCUT2D eigenvalue weighted by Gasteiger charge is -2.21. The molecular weight excluding hydrogens is 144 g/mol. The molecule has 4 heteroatoms. The number of carbonyl (C=O) groups is 1. The third-order valence-electron chi connectivity index (χ3n) is 1.70. The minimum Gasteiger partial charge on any atom is -0.379 e. The Balaban J connectivity index is 2.46. The van der Waals surface area contributed by atoms with Gasteiger partial charge in [0, 0.05) is 0 Å². The highest BCUT2D eigenvalue weighted by Crippen LogP contribution is 2.08. The summed E-state index contributed by atoms with van der Waals surface area (Å²) in [5.41, 5.74) is 5.58. The maximum atomic E-state index is 11.2. The van der Waals surface area contributed by atoms with E-state index in [1.807, 2.05) is 13.8 Å². The van der Waals surface area contributed by atoms with E-state index in [9.17, 15) is 4.79 Å². The second-order valence-corrected chi connectivity index (χ2v) is 2.95. The molecule has 0 bridgehead atoms. The average Bonchev–Trinajstić information content (AvgIpc) is 1.82. The Bertz CT molecular complexity index is 189. The van der Waals surface area contributed by atoms with Crippen molar-refractivity contribution in [1.29, 1.82) is 0 Å². The summed E-state index contributed by atoms with van der Waals surface area (Å²) in [7, 11) is 0. The van der Waals surface area contributed by atoms with Crippen LogP contribution in [0, 0.1) is 5.92 Å². The van der Waals surface area contributed by atoms with Crippen molar-refractivity contribution < 1.29 is 9.63 Å². The van der Waals surface area contributed by atoms with Crippen LogP contribution in [0.4, 0.5) is 0 Å². The van der Waals surface area contributed by atoms with E-state index < -0.39 is 12.1 Å². The molecule has 4 nitrogen and oxygen atoms in total. The number of rotatable bonds is 3. The maximum absolute atomic E-state index is 11.2. The first-order valence-corrected chi connectivity index (χ1v) is 3.61. The van der Waals surface area contributed by atoms with Crippen LogP contribution in [0.15, 0.2) is 5.16 Å². The highest BCUT2D eigenvalue weighted by atomic mass is 16.7. The minimum absolute atomic E-state index is 0.0880. The maximum Gasteiger partial charge on any atom is 0.225 e. The Morgan fingerprint density at radius 2 is 2.27 bits per heavy atom. The number of hydrogen-bond acceptors (Lipinski definition) is 4. The molecule has 0 saturated carbocycles. The van der Waals surface area contributed by atoms with Gasteiger partial charge in [-0.1, -0.05) is 19.0 Å². The van der Waals surface area contributed by atoms with E-state index in [1.54, 1.807) is 0 Å². The lowest BCUT2D eigenvalue weighted by atomic mass is 9.98. The quantitative estimate of drug-likeness (QED) is 0.621. The zero-order chi connectivity index (χ0) is 8.43. The van der Waals surface area contributed by atoms with E-state index in [0.29, 0.717) is 0 Å². The highest BCUT2D eigenvalue weighted by Gasteiger charge is 2.30. The van der Waals surface area contributed by atoms with Crippen LogP contribution >= 0.6 is 0 Å². The van der Waals surface area contributed by atoms with Crippen LogP contribution < -0.4 is 5.73 Å². The Labute approximate surface area is 65.4 Å². The monoisotopic (exact) mass is 156 g/mol. The minimum atomic E-state index is -0.493. The Kier molecular flexibility index (Phi) is 2.24. The van der Waals surface area contributed by atoms with Crippen LogP contribution in [0.5, 0.6) is 0 Å². The fourth-order valence-corrected chi connectivity index (χ4v) is 0.765. The molecule has 0 aromatic heterocycles. The summed E-state index contributed by atoms with van der Waals surface area (Å²) in [6.07, 6.45) is 0.970. The summed E-state index contributed by atoms with van der Waals surface area (Å²) >= 11 is 0. The number of nitrogens with two attached hydrogens (primary N) is 1. The van der Waals surface area contributed by atoms with Gasteiger partial charge in [0.15, 0.2) is 5.78 Å². The zero-order valence-electron chi connectivity index (χ0n) is 6.65. The second kappa shape index (κ2) is 3.00. The van der Waals surface area contributed by atoms with Gasteiger partial charge in [-0.2, -0.15) is 0 Å². The molecular formula is C7H12N2O2. The van der Waals surface area contributed by atoms with Gasteiger partial charge in [0.05, 0.1) is 12.3 Å². The summed E-state index contributed by atoms with van der Waals surface area (Å²) in [5.74, 6) is 0.0649. The van der Waals surface area contributed by atoms with Crippen molar-refractivity contribution in [2.24, 2.45) is 16.8 Å². The van der Waals surface area contributed by atoms with Gasteiger partial charge in [0.25, 0.3) is 0 Å². The molecule has 0 aromatic rings.